The Labute approximate surface area is 162 Å². The Bertz CT molecular complexity index is 931. The number of anilines is 1. The molecular weight excluding hydrogens is 362 g/mol. The highest BCUT2D eigenvalue weighted by Gasteiger charge is 2.26. The highest BCUT2D eigenvalue weighted by Crippen LogP contribution is 2.25. The summed E-state index contributed by atoms with van der Waals surface area (Å²) in [5.74, 6) is 0.00567. The number of hydrogen-bond acceptors (Lipinski definition) is 4. The van der Waals surface area contributed by atoms with Crippen LogP contribution in [0.25, 0.3) is 11.0 Å². The Hall–Kier alpha value is -2.57. The molecule has 0 spiro atoms. The van der Waals surface area contributed by atoms with E-state index in [1.807, 2.05) is 53.7 Å². The first-order valence-electron chi connectivity index (χ1n) is 9.07. The molecule has 7 heteroatoms. The quantitative estimate of drug-likeness (QED) is 0.725. The Kier molecular flexibility index (Phi) is 5.01. The van der Waals surface area contributed by atoms with E-state index in [1.165, 1.54) is 0 Å². The van der Waals surface area contributed by atoms with Crippen molar-refractivity contribution >= 4 is 34.2 Å². The Morgan fingerprint density at radius 1 is 1.15 bits per heavy atom. The maximum atomic E-state index is 12.7. The summed E-state index contributed by atoms with van der Waals surface area (Å²) in [4.78, 5) is 24.4. The molecular formula is C20H22ClN5O. The van der Waals surface area contributed by atoms with Crippen molar-refractivity contribution in [2.45, 2.75) is 12.5 Å². The molecule has 0 saturated carbocycles. The molecule has 0 radical (unpaired) electrons. The van der Waals surface area contributed by atoms with E-state index in [-0.39, 0.29) is 5.91 Å². The van der Waals surface area contributed by atoms with Gasteiger partial charge in [0.05, 0.1) is 6.04 Å². The van der Waals surface area contributed by atoms with Crippen LogP contribution in [-0.2, 0) is 11.2 Å². The van der Waals surface area contributed by atoms with Crippen LogP contribution in [0.15, 0.2) is 48.8 Å². The topological polar surface area (TPSA) is 78.2 Å². The first kappa shape index (κ1) is 17.8. The average molecular weight is 384 g/mol. The molecule has 1 saturated heterocycles. The summed E-state index contributed by atoms with van der Waals surface area (Å²) in [6, 6.07) is 11.0. The van der Waals surface area contributed by atoms with Crippen molar-refractivity contribution in [2.24, 2.45) is 5.73 Å². The second-order valence-electron chi connectivity index (χ2n) is 6.82. The Morgan fingerprint density at radius 3 is 2.63 bits per heavy atom. The van der Waals surface area contributed by atoms with Crippen LogP contribution in [0.2, 0.25) is 5.02 Å². The lowest BCUT2D eigenvalue weighted by molar-refractivity contribution is -0.132. The lowest BCUT2D eigenvalue weighted by atomic mass is 10.1. The lowest BCUT2D eigenvalue weighted by Crippen LogP contribution is -2.53. The highest BCUT2D eigenvalue weighted by atomic mass is 35.5. The van der Waals surface area contributed by atoms with Crippen LogP contribution in [0.3, 0.4) is 0 Å². The van der Waals surface area contributed by atoms with E-state index in [9.17, 15) is 4.79 Å². The second-order valence-corrected chi connectivity index (χ2v) is 7.26. The third-order valence-corrected chi connectivity index (χ3v) is 5.31. The third-order valence-electron chi connectivity index (χ3n) is 5.06. The largest absolute Gasteiger partial charge is 0.367 e. The summed E-state index contributed by atoms with van der Waals surface area (Å²) in [5.41, 5.74) is 9.23. The number of piperazine rings is 1. The van der Waals surface area contributed by atoms with Gasteiger partial charge in [-0.2, -0.15) is 0 Å². The van der Waals surface area contributed by atoms with Crippen molar-refractivity contribution in [1.82, 2.24) is 14.9 Å². The van der Waals surface area contributed by atoms with E-state index >= 15 is 0 Å². The van der Waals surface area contributed by atoms with E-state index in [2.05, 4.69) is 14.9 Å². The molecule has 0 bridgehead atoms. The number of nitrogens with zero attached hydrogens (tertiary/aromatic N) is 3. The van der Waals surface area contributed by atoms with Gasteiger partial charge >= 0.3 is 0 Å². The zero-order valence-electron chi connectivity index (χ0n) is 14.9. The normalized spacial score (nSPS) is 15.9. The van der Waals surface area contributed by atoms with Gasteiger partial charge in [0, 0.05) is 54.7 Å². The Morgan fingerprint density at radius 2 is 1.89 bits per heavy atom. The summed E-state index contributed by atoms with van der Waals surface area (Å²) >= 11 is 5.91. The van der Waals surface area contributed by atoms with Crippen molar-refractivity contribution in [1.29, 1.82) is 0 Å². The molecule has 1 aliphatic heterocycles. The summed E-state index contributed by atoms with van der Waals surface area (Å²) in [6.45, 7) is 2.90. The first-order valence-corrected chi connectivity index (χ1v) is 9.45. The number of hydrogen-bond donors (Lipinski definition) is 2. The summed E-state index contributed by atoms with van der Waals surface area (Å²) in [7, 11) is 0. The molecule has 1 aliphatic rings. The third kappa shape index (κ3) is 3.77. The molecule has 1 aromatic carbocycles. The van der Waals surface area contributed by atoms with E-state index < -0.39 is 6.04 Å². The minimum absolute atomic E-state index is 0.00567. The molecule has 1 amide bonds. The number of aromatic amines is 1. The molecule has 3 heterocycles. The van der Waals surface area contributed by atoms with Gasteiger partial charge in [-0.3, -0.25) is 4.79 Å². The maximum Gasteiger partial charge on any atom is 0.239 e. The number of amides is 1. The predicted molar refractivity (Wildman–Crippen MR) is 108 cm³/mol. The number of nitrogens with one attached hydrogen (secondary N) is 1. The van der Waals surface area contributed by atoms with Crippen molar-refractivity contribution in [2.75, 3.05) is 31.1 Å². The fourth-order valence-electron chi connectivity index (χ4n) is 3.59. The minimum atomic E-state index is -0.532. The Balaban J connectivity index is 1.37. The molecule has 4 rings (SSSR count). The van der Waals surface area contributed by atoms with E-state index in [1.54, 1.807) is 0 Å². The number of aromatic nitrogens is 2. The van der Waals surface area contributed by atoms with Crippen LogP contribution < -0.4 is 10.6 Å². The molecule has 6 nitrogen and oxygen atoms in total. The molecule has 3 aromatic rings. The van der Waals surface area contributed by atoms with Crippen molar-refractivity contribution < 1.29 is 4.79 Å². The summed E-state index contributed by atoms with van der Waals surface area (Å²) in [5, 5.41) is 1.79. The number of H-pyrrole nitrogens is 1. The molecule has 1 fully saturated rings. The van der Waals surface area contributed by atoms with Crippen LogP contribution in [0.5, 0.6) is 0 Å². The maximum absolute atomic E-state index is 12.7. The highest BCUT2D eigenvalue weighted by molar-refractivity contribution is 6.30. The molecule has 0 unspecified atom stereocenters. The van der Waals surface area contributed by atoms with Gasteiger partial charge in [0.15, 0.2) is 0 Å². The number of carbonyl (C=O) groups is 1. The first-order chi connectivity index (χ1) is 13.1. The van der Waals surface area contributed by atoms with Gasteiger partial charge in [0.25, 0.3) is 0 Å². The number of pyridine rings is 1. The van der Waals surface area contributed by atoms with Crippen molar-refractivity contribution in [3.63, 3.8) is 0 Å². The average Bonchev–Trinajstić information content (AvgIpc) is 3.18. The standard InChI is InChI=1S/C20H22ClN5O/c21-15-3-1-14(2-4-15)13-17(22)20(27)26-11-9-25(10-12-26)18-6-8-24-19-16(18)5-7-23-19/h1-8,17H,9-13,22H2,(H,23,24)/t17-/m1/s1. The fraction of sp³-hybridized carbons (Fsp3) is 0.300. The van der Waals surface area contributed by atoms with Crippen LogP contribution >= 0.6 is 11.6 Å². The van der Waals surface area contributed by atoms with Gasteiger partial charge in [-0.05, 0) is 36.2 Å². The van der Waals surface area contributed by atoms with E-state index in [0.29, 0.717) is 24.5 Å². The summed E-state index contributed by atoms with van der Waals surface area (Å²) in [6.07, 6.45) is 4.23. The van der Waals surface area contributed by atoms with Crippen LogP contribution in [0.4, 0.5) is 5.69 Å². The van der Waals surface area contributed by atoms with Crippen molar-refractivity contribution in [3.05, 3.63) is 59.4 Å². The number of rotatable bonds is 4. The van der Waals surface area contributed by atoms with Gasteiger partial charge in [-0.1, -0.05) is 23.7 Å². The number of benzene rings is 1. The SMILES string of the molecule is N[C@H](Cc1ccc(Cl)cc1)C(=O)N1CCN(c2ccnc3[nH]ccc23)CC1. The molecule has 0 aliphatic carbocycles. The van der Waals surface area contributed by atoms with Gasteiger partial charge in [0.2, 0.25) is 5.91 Å². The molecule has 2 aromatic heterocycles. The van der Waals surface area contributed by atoms with Crippen LogP contribution in [-0.4, -0.2) is 53.0 Å². The zero-order chi connectivity index (χ0) is 18.8. The van der Waals surface area contributed by atoms with Gasteiger partial charge < -0.3 is 20.5 Å². The van der Waals surface area contributed by atoms with Gasteiger partial charge in [-0.25, -0.2) is 4.98 Å². The monoisotopic (exact) mass is 383 g/mol. The smallest absolute Gasteiger partial charge is 0.239 e. The lowest BCUT2D eigenvalue weighted by Gasteiger charge is -2.37. The number of carbonyl (C=O) groups excluding carboxylic acids is 1. The summed E-state index contributed by atoms with van der Waals surface area (Å²) < 4.78 is 0. The molecule has 3 N–H and O–H groups in total. The minimum Gasteiger partial charge on any atom is -0.367 e. The molecule has 140 valence electrons. The zero-order valence-corrected chi connectivity index (χ0v) is 15.7. The van der Waals surface area contributed by atoms with Crippen LogP contribution in [0, 0.1) is 0 Å². The number of fused-ring (bicyclic) bond motifs is 1. The van der Waals surface area contributed by atoms with Crippen LogP contribution in [0.1, 0.15) is 5.56 Å². The van der Waals surface area contributed by atoms with E-state index in [4.69, 9.17) is 17.3 Å². The number of nitrogens with two attached hydrogens (primary N) is 1. The fourth-order valence-corrected chi connectivity index (χ4v) is 3.71. The predicted octanol–water partition coefficient (Wildman–Crippen LogP) is 2.43. The molecule has 27 heavy (non-hydrogen) atoms. The van der Waals surface area contributed by atoms with Crippen molar-refractivity contribution in [3.8, 4) is 0 Å². The van der Waals surface area contributed by atoms with E-state index in [0.717, 1.165) is 35.4 Å². The second kappa shape index (κ2) is 7.58. The molecule has 1 atom stereocenters. The number of halogens is 1. The van der Waals surface area contributed by atoms with Gasteiger partial charge in [-0.15, -0.1) is 0 Å². The van der Waals surface area contributed by atoms with Gasteiger partial charge in [0.1, 0.15) is 5.65 Å².